The fourth-order valence-corrected chi connectivity index (χ4v) is 3.20. The Morgan fingerprint density at radius 1 is 1.19 bits per heavy atom. The number of H-pyrrole nitrogens is 1. The summed E-state index contributed by atoms with van der Waals surface area (Å²) in [7, 11) is 0. The second kappa shape index (κ2) is 7.09. The van der Waals surface area contributed by atoms with Crippen molar-refractivity contribution in [1.82, 2.24) is 19.9 Å². The Balaban J connectivity index is 1.33. The molecule has 3 heterocycles. The summed E-state index contributed by atoms with van der Waals surface area (Å²) < 4.78 is 13.2. The molecule has 134 valence electrons. The number of carbonyl (C=O) groups excluding carboxylic acids is 1. The quantitative estimate of drug-likeness (QED) is 0.748. The molecule has 26 heavy (non-hydrogen) atoms. The van der Waals surface area contributed by atoms with E-state index < -0.39 is 0 Å². The van der Waals surface area contributed by atoms with Gasteiger partial charge in [0.1, 0.15) is 23.6 Å². The second-order valence-electron chi connectivity index (χ2n) is 6.26. The van der Waals surface area contributed by atoms with E-state index in [0.717, 1.165) is 43.0 Å². The van der Waals surface area contributed by atoms with Crippen molar-refractivity contribution in [1.29, 1.82) is 0 Å². The highest BCUT2D eigenvalue weighted by molar-refractivity contribution is 5.92. The second-order valence-corrected chi connectivity index (χ2v) is 6.26. The summed E-state index contributed by atoms with van der Waals surface area (Å²) in [5, 5.41) is 3.74. The van der Waals surface area contributed by atoms with Crippen molar-refractivity contribution < 1.29 is 9.18 Å². The van der Waals surface area contributed by atoms with Crippen molar-refractivity contribution in [2.45, 2.75) is 0 Å². The Bertz CT molecular complexity index is 919. The number of hydrogen-bond donors (Lipinski definition) is 2. The number of hydrogen-bond acceptors (Lipinski definition) is 5. The van der Waals surface area contributed by atoms with Crippen LogP contribution >= 0.6 is 0 Å². The van der Waals surface area contributed by atoms with Crippen LogP contribution in [0.3, 0.4) is 0 Å². The summed E-state index contributed by atoms with van der Waals surface area (Å²) in [5.74, 6) is 0.413. The van der Waals surface area contributed by atoms with Gasteiger partial charge >= 0.3 is 0 Å². The minimum atomic E-state index is -0.364. The lowest BCUT2D eigenvalue weighted by Crippen LogP contribution is -2.49. The lowest BCUT2D eigenvalue weighted by atomic mass is 10.2. The topological polar surface area (TPSA) is 77.2 Å². The molecule has 1 fully saturated rings. The van der Waals surface area contributed by atoms with Crippen molar-refractivity contribution in [3.8, 4) is 0 Å². The van der Waals surface area contributed by atoms with Crippen molar-refractivity contribution in [3.63, 3.8) is 0 Å². The first kappa shape index (κ1) is 16.5. The standard InChI is InChI=1S/C18H19FN6O/c19-13-2-1-3-14(10-13)23-16(26)11-24-6-8-25(9-7-24)18-15-4-5-20-17(15)21-12-22-18/h1-5,10,12H,6-9,11H2,(H,23,26)(H,20,21,22). The van der Waals surface area contributed by atoms with Gasteiger partial charge in [-0.2, -0.15) is 0 Å². The van der Waals surface area contributed by atoms with Crippen LogP contribution < -0.4 is 10.2 Å². The average molecular weight is 354 g/mol. The van der Waals surface area contributed by atoms with Crippen molar-refractivity contribution in [2.75, 3.05) is 42.9 Å². The number of fused-ring (bicyclic) bond motifs is 1. The number of anilines is 2. The number of aromatic nitrogens is 3. The van der Waals surface area contributed by atoms with E-state index >= 15 is 0 Å². The van der Waals surface area contributed by atoms with Crippen LogP contribution in [-0.4, -0.2) is 58.5 Å². The first-order valence-corrected chi connectivity index (χ1v) is 8.50. The molecule has 0 unspecified atom stereocenters. The Morgan fingerprint density at radius 3 is 2.85 bits per heavy atom. The van der Waals surface area contributed by atoms with E-state index in [1.807, 2.05) is 12.3 Å². The third kappa shape index (κ3) is 3.50. The summed E-state index contributed by atoms with van der Waals surface area (Å²) in [6, 6.07) is 7.89. The van der Waals surface area contributed by atoms with Gasteiger partial charge in [-0.25, -0.2) is 14.4 Å². The van der Waals surface area contributed by atoms with E-state index in [1.54, 1.807) is 18.5 Å². The number of halogens is 1. The predicted molar refractivity (Wildman–Crippen MR) is 97.6 cm³/mol. The number of amides is 1. The SMILES string of the molecule is O=C(CN1CCN(c2ncnc3[nH]ccc23)CC1)Nc1cccc(F)c1. The van der Waals surface area contributed by atoms with Gasteiger partial charge in [0.05, 0.1) is 11.9 Å². The van der Waals surface area contributed by atoms with Gasteiger partial charge in [0.25, 0.3) is 0 Å². The molecule has 1 saturated heterocycles. The maximum absolute atomic E-state index is 13.2. The lowest BCUT2D eigenvalue weighted by Gasteiger charge is -2.35. The molecular formula is C18H19FN6O. The van der Waals surface area contributed by atoms with Gasteiger partial charge in [0, 0.05) is 38.1 Å². The Labute approximate surface area is 149 Å². The van der Waals surface area contributed by atoms with Crippen LogP contribution in [0.4, 0.5) is 15.9 Å². The van der Waals surface area contributed by atoms with Crippen LogP contribution in [-0.2, 0) is 4.79 Å². The van der Waals surface area contributed by atoms with E-state index in [2.05, 4.69) is 30.1 Å². The average Bonchev–Trinajstić information content (AvgIpc) is 3.11. The van der Waals surface area contributed by atoms with Crippen LogP contribution in [0, 0.1) is 5.82 Å². The Kier molecular flexibility index (Phi) is 4.49. The summed E-state index contributed by atoms with van der Waals surface area (Å²) in [6.45, 7) is 3.36. The summed E-state index contributed by atoms with van der Waals surface area (Å²) in [6.07, 6.45) is 3.42. The van der Waals surface area contributed by atoms with E-state index in [-0.39, 0.29) is 18.3 Å². The van der Waals surface area contributed by atoms with Crippen LogP contribution in [0.1, 0.15) is 0 Å². The van der Waals surface area contributed by atoms with Crippen molar-refractivity contribution in [3.05, 3.63) is 48.7 Å². The van der Waals surface area contributed by atoms with Gasteiger partial charge in [-0.3, -0.25) is 9.69 Å². The minimum absolute atomic E-state index is 0.140. The van der Waals surface area contributed by atoms with Gasteiger partial charge in [-0.15, -0.1) is 0 Å². The molecule has 7 nitrogen and oxygen atoms in total. The molecular weight excluding hydrogens is 335 g/mol. The first-order valence-electron chi connectivity index (χ1n) is 8.50. The van der Waals surface area contributed by atoms with E-state index in [0.29, 0.717) is 5.69 Å². The summed E-state index contributed by atoms with van der Waals surface area (Å²) >= 11 is 0. The summed E-state index contributed by atoms with van der Waals surface area (Å²) in [5.41, 5.74) is 1.30. The molecule has 0 spiro atoms. The molecule has 2 aromatic heterocycles. The van der Waals surface area contributed by atoms with Crippen molar-refractivity contribution >= 4 is 28.4 Å². The van der Waals surface area contributed by atoms with Crippen LogP contribution in [0.5, 0.6) is 0 Å². The number of rotatable bonds is 4. The van der Waals surface area contributed by atoms with E-state index in [9.17, 15) is 9.18 Å². The van der Waals surface area contributed by atoms with Crippen LogP contribution in [0.25, 0.3) is 11.0 Å². The zero-order valence-electron chi connectivity index (χ0n) is 14.2. The monoisotopic (exact) mass is 354 g/mol. The maximum atomic E-state index is 13.2. The Hall–Kier alpha value is -3.00. The highest BCUT2D eigenvalue weighted by Crippen LogP contribution is 2.22. The third-order valence-electron chi connectivity index (χ3n) is 4.48. The van der Waals surface area contributed by atoms with Gasteiger partial charge in [0.2, 0.25) is 5.91 Å². The van der Waals surface area contributed by atoms with Gasteiger partial charge in [0.15, 0.2) is 0 Å². The molecule has 8 heteroatoms. The Morgan fingerprint density at radius 2 is 2.04 bits per heavy atom. The van der Waals surface area contributed by atoms with Gasteiger partial charge < -0.3 is 15.2 Å². The van der Waals surface area contributed by atoms with Gasteiger partial charge in [-0.05, 0) is 24.3 Å². The molecule has 1 aliphatic rings. The smallest absolute Gasteiger partial charge is 0.238 e. The van der Waals surface area contributed by atoms with E-state index in [1.165, 1.54) is 12.1 Å². The van der Waals surface area contributed by atoms with E-state index in [4.69, 9.17) is 0 Å². The van der Waals surface area contributed by atoms with Crippen LogP contribution in [0.2, 0.25) is 0 Å². The number of nitrogens with zero attached hydrogens (tertiary/aromatic N) is 4. The number of carbonyl (C=O) groups is 1. The highest BCUT2D eigenvalue weighted by atomic mass is 19.1. The molecule has 4 rings (SSSR count). The van der Waals surface area contributed by atoms with Crippen LogP contribution in [0.15, 0.2) is 42.9 Å². The summed E-state index contributed by atoms with van der Waals surface area (Å²) in [4.78, 5) is 28.2. The molecule has 1 aromatic carbocycles. The fraction of sp³-hybridized carbons (Fsp3) is 0.278. The molecule has 1 aliphatic heterocycles. The minimum Gasteiger partial charge on any atom is -0.353 e. The molecule has 0 bridgehead atoms. The number of piperazine rings is 1. The largest absolute Gasteiger partial charge is 0.353 e. The normalized spacial score (nSPS) is 15.3. The predicted octanol–water partition coefficient (Wildman–Crippen LogP) is 1.86. The molecule has 0 atom stereocenters. The van der Waals surface area contributed by atoms with Crippen molar-refractivity contribution in [2.24, 2.45) is 0 Å². The maximum Gasteiger partial charge on any atom is 0.238 e. The number of benzene rings is 1. The number of nitrogens with one attached hydrogen (secondary N) is 2. The fourth-order valence-electron chi connectivity index (χ4n) is 3.20. The first-order chi connectivity index (χ1) is 12.7. The zero-order valence-corrected chi connectivity index (χ0v) is 14.2. The molecule has 2 N–H and O–H groups in total. The van der Waals surface area contributed by atoms with Gasteiger partial charge in [-0.1, -0.05) is 6.07 Å². The lowest BCUT2D eigenvalue weighted by molar-refractivity contribution is -0.117. The molecule has 0 saturated carbocycles. The molecule has 0 aliphatic carbocycles. The third-order valence-corrected chi connectivity index (χ3v) is 4.48. The highest BCUT2D eigenvalue weighted by Gasteiger charge is 2.21. The zero-order chi connectivity index (χ0) is 17.9. The molecule has 0 radical (unpaired) electrons. The molecule has 3 aromatic rings. The number of aromatic amines is 1. The molecule has 1 amide bonds.